The zero-order valence-electron chi connectivity index (χ0n) is 43.2. The van der Waals surface area contributed by atoms with E-state index in [1.54, 1.807) is 33.4 Å². The fraction of sp³-hybridized carbons (Fsp3) is 0.482. The van der Waals surface area contributed by atoms with Crippen molar-refractivity contribution in [2.24, 2.45) is 16.3 Å². The highest BCUT2D eigenvalue weighted by atomic mass is 16.8. The van der Waals surface area contributed by atoms with Crippen LogP contribution in [0, 0.1) is 11.3 Å². The summed E-state index contributed by atoms with van der Waals surface area (Å²) in [6, 6.07) is 20.4. The molecule has 3 aromatic carbocycles. The number of fused-ring (bicyclic) bond motifs is 8. The van der Waals surface area contributed by atoms with E-state index in [-0.39, 0.29) is 61.2 Å². The third-order valence-electron chi connectivity index (χ3n) is 14.0. The number of rotatable bonds is 16. The molecule has 1 unspecified atom stereocenters. The number of hydrogen-bond donors (Lipinski definition) is 3. The summed E-state index contributed by atoms with van der Waals surface area (Å²) in [5, 5.41) is 8.90. The molecule has 72 heavy (non-hydrogen) atoms. The van der Waals surface area contributed by atoms with Gasteiger partial charge in [-0.1, -0.05) is 64.1 Å². The largest absolute Gasteiger partial charge is 0.550 e. The van der Waals surface area contributed by atoms with Gasteiger partial charge >= 0.3 is 0 Å². The van der Waals surface area contributed by atoms with E-state index in [9.17, 15) is 14.4 Å². The first kappa shape index (κ1) is 52.0. The average Bonchev–Trinajstić information content (AvgIpc) is 4.11. The summed E-state index contributed by atoms with van der Waals surface area (Å²) in [7, 11) is 6.53. The Morgan fingerprint density at radius 3 is 2.54 bits per heavy atom. The van der Waals surface area contributed by atoms with Crippen LogP contribution in [0.15, 0.2) is 84.1 Å². The lowest BCUT2D eigenvalue weighted by molar-refractivity contribution is -0.144. The quantitative estimate of drug-likeness (QED) is 0.0233. The number of aryl methyl sites for hydroxylation is 1. The molecule has 2 aromatic heterocycles. The van der Waals surface area contributed by atoms with Gasteiger partial charge in [0.25, 0.3) is 5.91 Å². The minimum Gasteiger partial charge on any atom is -0.550 e. The molecular formula is C56H71N8O8-. The Hall–Kier alpha value is -6.33. The monoisotopic (exact) mass is 984 g/mol. The molecule has 2 saturated heterocycles. The maximum atomic E-state index is 14.8. The van der Waals surface area contributed by atoms with Crippen LogP contribution >= 0.6 is 0 Å². The van der Waals surface area contributed by atoms with Crippen LogP contribution in [0.1, 0.15) is 76.1 Å². The van der Waals surface area contributed by atoms with Crippen LogP contribution in [0.4, 0.5) is 0 Å². The second-order valence-corrected chi connectivity index (χ2v) is 20.2. The van der Waals surface area contributed by atoms with Crippen molar-refractivity contribution in [2.45, 2.75) is 117 Å². The smallest absolute Gasteiger partial charge is 0.259 e. The number of carbonyl (C=O) groups is 3. The molecule has 2 fully saturated rings. The number of hydrogen-bond acceptors (Lipinski definition) is 11. The lowest BCUT2D eigenvalue weighted by atomic mass is 9.84. The molecule has 8 rings (SSSR count). The molecule has 3 amide bonds. The predicted molar refractivity (Wildman–Crippen MR) is 277 cm³/mol. The minimum atomic E-state index is -0.954. The maximum Gasteiger partial charge on any atom is 0.259 e. The van der Waals surface area contributed by atoms with E-state index in [4.69, 9.17) is 23.7 Å². The molecule has 0 saturated carbocycles. The molecule has 6 bridgehead atoms. The van der Waals surface area contributed by atoms with Gasteiger partial charge in [0.15, 0.2) is 6.29 Å². The highest BCUT2D eigenvalue weighted by Crippen LogP contribution is 2.42. The third-order valence-corrected chi connectivity index (χ3v) is 14.0. The van der Waals surface area contributed by atoms with Crippen LogP contribution in [0.5, 0.6) is 11.5 Å². The number of carbonyl (C=O) groups excluding carboxylic acids is 3. The van der Waals surface area contributed by atoms with Gasteiger partial charge in [-0.15, -0.1) is 0 Å². The van der Waals surface area contributed by atoms with E-state index in [0.717, 1.165) is 75.8 Å². The number of ether oxygens (including phenoxy) is 5. The highest BCUT2D eigenvalue weighted by Gasteiger charge is 2.49. The summed E-state index contributed by atoms with van der Waals surface area (Å²) in [5.41, 5.74) is 12.4. The Labute approximate surface area is 423 Å². The van der Waals surface area contributed by atoms with Crippen LogP contribution < -0.4 is 25.5 Å². The Morgan fingerprint density at radius 1 is 1.04 bits per heavy atom. The average molecular weight is 984 g/mol. The molecule has 0 spiro atoms. The summed E-state index contributed by atoms with van der Waals surface area (Å²) in [6.07, 6.45) is 8.49. The minimum absolute atomic E-state index is 0.0866. The summed E-state index contributed by atoms with van der Waals surface area (Å²) < 4.78 is 31.8. The zero-order chi connectivity index (χ0) is 51.1. The summed E-state index contributed by atoms with van der Waals surface area (Å²) in [5.74, 6) is 0.118. The van der Waals surface area contributed by atoms with Crippen molar-refractivity contribution < 1.29 is 38.1 Å². The van der Waals surface area contributed by atoms with Crippen molar-refractivity contribution in [3.05, 3.63) is 101 Å². The molecule has 16 nitrogen and oxygen atoms in total. The van der Waals surface area contributed by atoms with Gasteiger partial charge in [-0.3, -0.25) is 24.4 Å². The zero-order valence-corrected chi connectivity index (χ0v) is 43.2. The number of hydrazine groups is 1. The third kappa shape index (κ3) is 11.6. The van der Waals surface area contributed by atoms with Gasteiger partial charge in [-0.2, -0.15) is 0 Å². The number of aliphatic imine (C=N–C) groups is 1. The summed E-state index contributed by atoms with van der Waals surface area (Å²) in [6.45, 7) is 13.1. The summed E-state index contributed by atoms with van der Waals surface area (Å²) in [4.78, 5) is 53.6. The number of nitrogens with one attached hydrogen (secondary N) is 3. The Balaban J connectivity index is 1.07. The number of nitrogens with zero attached hydrogens (tertiary/aromatic N) is 5. The summed E-state index contributed by atoms with van der Waals surface area (Å²) >= 11 is 0. The van der Waals surface area contributed by atoms with E-state index < -0.39 is 24.3 Å². The number of aromatic nitrogens is 2. The van der Waals surface area contributed by atoms with Crippen LogP contribution in [0.3, 0.4) is 0 Å². The van der Waals surface area contributed by atoms with Crippen molar-refractivity contribution in [1.29, 1.82) is 0 Å². The Bertz CT molecular complexity index is 2730. The molecule has 5 aromatic rings. The van der Waals surface area contributed by atoms with Gasteiger partial charge < -0.3 is 55.1 Å². The Kier molecular flexibility index (Phi) is 16.6. The highest BCUT2D eigenvalue weighted by molar-refractivity contribution is 5.96. The molecule has 0 radical (unpaired) electrons. The standard InChI is InChI=1S/C56H71N8O8/c1-10-63-46-20-19-38-28-40(46)41(51(63)42-30-57-23-21-39(42)32-68-7)29-56(4,5)33-71-55-52(72-55)44-16-13-25-64(61-44)54(67)45(27-36-14-11-15-37(38)26-36)60-53(66)50(35(2)3)62(6)49(65)22-24-58-34-59-31-43-47(69-8)17-12-18-48(43)70-9/h11-12,14-15,17-21,23,26,28,30,35,44-45,50,52,55,61H,10,13,16,22,24-25,27,29,31-33H2,1-9H3,(H,58,59)(H,60,66)/q-1/t44-,45-,50-,52+,55?/m0/s1. The molecule has 3 aliphatic rings. The van der Waals surface area contributed by atoms with Crippen LogP contribution in [0.25, 0.3) is 33.3 Å². The number of epoxide rings is 1. The van der Waals surface area contributed by atoms with Crippen LogP contribution in [0.2, 0.25) is 0 Å². The fourth-order valence-corrected chi connectivity index (χ4v) is 10.4. The van der Waals surface area contributed by atoms with Crippen LogP contribution in [-0.4, -0.2) is 122 Å². The van der Waals surface area contributed by atoms with Gasteiger partial charge in [0.05, 0.1) is 44.7 Å². The number of amides is 3. The molecule has 384 valence electrons. The normalized spacial score (nSPS) is 20.4. The van der Waals surface area contributed by atoms with Crippen molar-refractivity contribution >= 4 is 35.0 Å². The van der Waals surface area contributed by atoms with E-state index in [1.807, 2.05) is 62.6 Å². The maximum absolute atomic E-state index is 14.8. The lowest BCUT2D eigenvalue weighted by Gasteiger charge is -2.37. The number of likely N-dealkylation sites (N-methyl/N-ethyl adjacent to an activating group) is 1. The molecule has 3 aliphatic heterocycles. The number of pyridine rings is 1. The van der Waals surface area contributed by atoms with Gasteiger partial charge in [0.2, 0.25) is 11.8 Å². The molecule has 16 heteroatoms. The molecule has 3 N–H and O–H groups in total. The van der Waals surface area contributed by atoms with E-state index in [0.29, 0.717) is 31.3 Å². The number of methoxy groups -OCH3 is 3. The first-order valence-corrected chi connectivity index (χ1v) is 25.2. The van der Waals surface area contributed by atoms with Crippen molar-refractivity contribution in [2.75, 3.05) is 48.1 Å². The number of benzene rings is 3. The SMILES string of the molecule is CCn1c(-c2cnccc2COC)c2c3cc(ccc31)-c1cccc(c1)C[C@H](NC(=O)[C@H](C(C)C)N(C)C(=O)CCN[C-]=NCc1c(OC)cccc1OC)C(=O)N1CCC[C@H](N1)[C@H]1OC1OCC(C)(C)C2. The van der Waals surface area contributed by atoms with E-state index in [1.165, 1.54) is 10.5 Å². The van der Waals surface area contributed by atoms with Gasteiger partial charge in [0, 0.05) is 75.5 Å². The predicted octanol–water partition coefficient (Wildman–Crippen LogP) is 6.97. The lowest BCUT2D eigenvalue weighted by Crippen LogP contribution is -2.61. The topological polar surface area (TPSA) is 173 Å². The molecule has 5 atom stereocenters. The molecule has 5 heterocycles. The second-order valence-electron chi connectivity index (χ2n) is 20.2. The van der Waals surface area contributed by atoms with Crippen molar-refractivity contribution in [3.8, 4) is 33.9 Å². The first-order chi connectivity index (χ1) is 34.7. The Morgan fingerprint density at radius 2 is 1.81 bits per heavy atom. The van der Waals surface area contributed by atoms with Gasteiger partial charge in [0.1, 0.15) is 29.7 Å². The fourth-order valence-electron chi connectivity index (χ4n) is 10.4. The van der Waals surface area contributed by atoms with Crippen LogP contribution in [-0.2, 0) is 61.1 Å². The molecular weight excluding hydrogens is 913 g/mol. The van der Waals surface area contributed by atoms with Crippen molar-refractivity contribution in [1.82, 2.24) is 35.5 Å². The second kappa shape index (κ2) is 23.0. The van der Waals surface area contributed by atoms with Crippen molar-refractivity contribution in [3.63, 3.8) is 0 Å². The van der Waals surface area contributed by atoms with Gasteiger partial charge in [-0.25, -0.2) is 5.43 Å². The molecule has 0 aliphatic carbocycles. The first-order valence-electron chi connectivity index (χ1n) is 25.2. The van der Waals surface area contributed by atoms with E-state index in [2.05, 4.69) is 88.0 Å². The van der Waals surface area contributed by atoms with Gasteiger partial charge in [-0.05, 0) is 102 Å². The van der Waals surface area contributed by atoms with E-state index >= 15 is 0 Å².